The molecule has 0 heterocycles. The van der Waals surface area contributed by atoms with E-state index in [2.05, 4.69) is 82.7 Å². The third-order valence-electron chi connectivity index (χ3n) is 6.64. The van der Waals surface area contributed by atoms with Crippen molar-refractivity contribution >= 4 is 37.5 Å². The summed E-state index contributed by atoms with van der Waals surface area (Å²) in [6, 6.07) is 25.0. The van der Waals surface area contributed by atoms with Gasteiger partial charge in [-0.25, -0.2) is 0 Å². The van der Waals surface area contributed by atoms with Crippen molar-refractivity contribution in [2.24, 2.45) is 0 Å². The quantitative estimate of drug-likeness (QED) is 0.285. The summed E-state index contributed by atoms with van der Waals surface area (Å²) < 4.78 is 0. The van der Waals surface area contributed by atoms with Gasteiger partial charge in [-0.1, -0.05) is 82.7 Å². The molecule has 0 saturated heterocycles. The van der Waals surface area contributed by atoms with E-state index in [0.717, 1.165) is 6.42 Å². The highest BCUT2D eigenvalue weighted by Crippen LogP contribution is 2.49. The summed E-state index contributed by atoms with van der Waals surface area (Å²) >= 11 is 4.01. The topological polar surface area (TPSA) is 0 Å². The first-order chi connectivity index (χ1) is 13.3. The summed E-state index contributed by atoms with van der Waals surface area (Å²) in [6.07, 6.45) is 4.99. The largest absolute Gasteiger partial charge is 0.0880 e. The molecule has 132 valence electrons. The lowest BCUT2D eigenvalue weighted by atomic mass is 9.71. The minimum absolute atomic E-state index is 0.582. The van der Waals surface area contributed by atoms with Crippen molar-refractivity contribution in [1.29, 1.82) is 0 Å². The minimum Gasteiger partial charge on any atom is -0.0880 e. The molecule has 2 aliphatic rings. The van der Waals surface area contributed by atoms with Gasteiger partial charge in [0, 0.05) is 4.83 Å². The zero-order valence-corrected chi connectivity index (χ0v) is 16.8. The Morgan fingerprint density at radius 1 is 0.778 bits per heavy atom. The molecule has 4 aromatic rings. The first-order valence-corrected chi connectivity index (χ1v) is 10.9. The van der Waals surface area contributed by atoms with Gasteiger partial charge in [0.2, 0.25) is 0 Å². The molecule has 0 nitrogen and oxygen atoms in total. The molecule has 6 rings (SSSR count). The van der Waals surface area contributed by atoms with Crippen LogP contribution in [0.25, 0.3) is 32.7 Å². The SMILES string of the molecule is BrC1Cc2cccc3c(-c4cccc5ccccc45)cc4c(c23)C1CCC4. The van der Waals surface area contributed by atoms with E-state index in [4.69, 9.17) is 0 Å². The lowest BCUT2D eigenvalue weighted by Gasteiger charge is -2.36. The highest BCUT2D eigenvalue weighted by atomic mass is 79.9. The number of aryl methyl sites for hydroxylation is 1. The van der Waals surface area contributed by atoms with E-state index < -0.39 is 0 Å². The van der Waals surface area contributed by atoms with Gasteiger partial charge in [-0.15, -0.1) is 0 Å². The fourth-order valence-electron chi connectivity index (χ4n) is 5.49. The van der Waals surface area contributed by atoms with Gasteiger partial charge >= 0.3 is 0 Å². The number of benzene rings is 4. The summed E-state index contributed by atoms with van der Waals surface area (Å²) in [6.45, 7) is 0. The molecule has 2 aliphatic carbocycles. The lowest BCUT2D eigenvalue weighted by molar-refractivity contribution is 0.532. The van der Waals surface area contributed by atoms with Crippen LogP contribution >= 0.6 is 15.9 Å². The van der Waals surface area contributed by atoms with Gasteiger partial charge in [-0.3, -0.25) is 0 Å². The zero-order valence-electron chi connectivity index (χ0n) is 15.2. The average molecular weight is 413 g/mol. The second kappa shape index (κ2) is 5.94. The molecular formula is C26H21Br. The number of halogens is 1. The van der Waals surface area contributed by atoms with Crippen LogP contribution < -0.4 is 0 Å². The van der Waals surface area contributed by atoms with Crippen molar-refractivity contribution in [2.75, 3.05) is 0 Å². The normalized spacial score (nSPS) is 20.9. The Hall–Kier alpha value is -2.12. The van der Waals surface area contributed by atoms with Gasteiger partial charge < -0.3 is 0 Å². The van der Waals surface area contributed by atoms with E-state index >= 15 is 0 Å². The Morgan fingerprint density at radius 2 is 1.59 bits per heavy atom. The van der Waals surface area contributed by atoms with E-state index in [0.29, 0.717) is 10.7 Å². The Balaban J connectivity index is 1.75. The predicted octanol–water partition coefficient (Wildman–Crippen LogP) is 7.40. The lowest BCUT2D eigenvalue weighted by Crippen LogP contribution is -2.25. The fraction of sp³-hybridized carbons (Fsp3) is 0.231. The maximum atomic E-state index is 4.01. The molecule has 2 atom stereocenters. The molecule has 1 heteroatoms. The molecule has 0 fully saturated rings. The van der Waals surface area contributed by atoms with Gasteiger partial charge in [0.1, 0.15) is 0 Å². The van der Waals surface area contributed by atoms with Crippen molar-refractivity contribution in [3.8, 4) is 11.1 Å². The Kier molecular flexibility index (Phi) is 3.50. The van der Waals surface area contributed by atoms with Gasteiger partial charge in [-0.05, 0) is 81.0 Å². The molecule has 2 unspecified atom stereocenters. The van der Waals surface area contributed by atoms with Crippen LogP contribution in [0.4, 0.5) is 0 Å². The van der Waals surface area contributed by atoms with Crippen LogP contribution in [0.3, 0.4) is 0 Å². The number of fused-ring (bicyclic) bond motifs is 1. The zero-order chi connectivity index (χ0) is 18.0. The second-order valence-corrected chi connectivity index (χ2v) is 9.26. The standard InChI is InChI=1S/C26H21Br/c27-24-15-18-9-4-12-21-23(14-17-8-5-13-22(24)26(17)25(18)21)20-11-3-7-16-6-1-2-10-19(16)20/h1-4,6-7,9-12,14,22,24H,5,8,13,15H2. The molecule has 27 heavy (non-hydrogen) atoms. The van der Waals surface area contributed by atoms with E-state index in [1.807, 2.05) is 0 Å². The molecule has 0 N–H and O–H groups in total. The van der Waals surface area contributed by atoms with Crippen molar-refractivity contribution < 1.29 is 0 Å². The van der Waals surface area contributed by atoms with Crippen LogP contribution in [0.1, 0.15) is 35.4 Å². The van der Waals surface area contributed by atoms with E-state index in [9.17, 15) is 0 Å². The van der Waals surface area contributed by atoms with Crippen LogP contribution in [0.2, 0.25) is 0 Å². The van der Waals surface area contributed by atoms with E-state index in [1.165, 1.54) is 52.1 Å². The van der Waals surface area contributed by atoms with Gasteiger partial charge in [-0.2, -0.15) is 0 Å². The third-order valence-corrected chi connectivity index (χ3v) is 7.60. The van der Waals surface area contributed by atoms with Crippen molar-refractivity contribution in [1.82, 2.24) is 0 Å². The van der Waals surface area contributed by atoms with Crippen LogP contribution in [0, 0.1) is 0 Å². The molecule has 0 saturated carbocycles. The fourth-order valence-corrected chi connectivity index (χ4v) is 6.36. The van der Waals surface area contributed by atoms with E-state index in [1.54, 1.807) is 16.5 Å². The molecule has 0 bridgehead atoms. The third kappa shape index (κ3) is 2.28. The Morgan fingerprint density at radius 3 is 2.56 bits per heavy atom. The predicted molar refractivity (Wildman–Crippen MR) is 119 cm³/mol. The number of rotatable bonds is 1. The molecular weight excluding hydrogens is 392 g/mol. The Bertz CT molecular complexity index is 1200. The molecule has 0 aromatic heterocycles. The average Bonchev–Trinajstić information content (AvgIpc) is 2.72. The van der Waals surface area contributed by atoms with Crippen LogP contribution in [-0.2, 0) is 12.8 Å². The number of hydrogen-bond donors (Lipinski definition) is 0. The van der Waals surface area contributed by atoms with Crippen LogP contribution in [0.5, 0.6) is 0 Å². The first kappa shape index (κ1) is 15.9. The minimum atomic E-state index is 0.582. The van der Waals surface area contributed by atoms with Crippen molar-refractivity contribution in [2.45, 2.75) is 36.4 Å². The maximum Gasteiger partial charge on any atom is 0.0255 e. The smallest absolute Gasteiger partial charge is 0.0255 e. The number of alkyl halides is 1. The van der Waals surface area contributed by atoms with Gasteiger partial charge in [0.15, 0.2) is 0 Å². The van der Waals surface area contributed by atoms with Gasteiger partial charge in [0.25, 0.3) is 0 Å². The summed E-state index contributed by atoms with van der Waals surface area (Å²) in [5, 5.41) is 5.67. The summed E-state index contributed by atoms with van der Waals surface area (Å²) in [5.41, 5.74) is 7.53. The molecule has 0 spiro atoms. The first-order valence-electron chi connectivity index (χ1n) is 10.0. The Labute approximate surface area is 168 Å². The monoisotopic (exact) mass is 412 g/mol. The highest BCUT2D eigenvalue weighted by Gasteiger charge is 2.33. The molecule has 0 amide bonds. The second-order valence-electron chi connectivity index (χ2n) is 8.08. The molecule has 0 radical (unpaired) electrons. The highest BCUT2D eigenvalue weighted by molar-refractivity contribution is 9.09. The van der Waals surface area contributed by atoms with Crippen LogP contribution in [-0.4, -0.2) is 4.83 Å². The summed E-state index contributed by atoms with van der Waals surface area (Å²) in [7, 11) is 0. The maximum absolute atomic E-state index is 4.01. The van der Waals surface area contributed by atoms with Crippen LogP contribution in [0.15, 0.2) is 66.7 Å². The molecule has 4 aromatic carbocycles. The summed E-state index contributed by atoms with van der Waals surface area (Å²) in [5.74, 6) is 0.674. The summed E-state index contributed by atoms with van der Waals surface area (Å²) in [4.78, 5) is 0.582. The number of hydrogen-bond acceptors (Lipinski definition) is 0. The molecule has 0 aliphatic heterocycles. The van der Waals surface area contributed by atoms with E-state index in [-0.39, 0.29) is 0 Å². The van der Waals surface area contributed by atoms with Crippen molar-refractivity contribution in [3.63, 3.8) is 0 Å². The van der Waals surface area contributed by atoms with Gasteiger partial charge in [0.05, 0.1) is 0 Å². The van der Waals surface area contributed by atoms with Crippen molar-refractivity contribution in [3.05, 3.63) is 83.4 Å².